The van der Waals surface area contributed by atoms with Gasteiger partial charge in [-0.25, -0.2) is 4.98 Å². The topological polar surface area (TPSA) is 22.2 Å². The van der Waals surface area contributed by atoms with Crippen LogP contribution in [0.4, 0.5) is 0 Å². The minimum atomic E-state index is 0.939. The molecule has 0 unspecified atom stereocenters. The lowest BCUT2D eigenvalue weighted by Gasteiger charge is -2.02. The van der Waals surface area contributed by atoms with E-state index >= 15 is 0 Å². The van der Waals surface area contributed by atoms with Crippen LogP contribution in [0.5, 0.6) is 0 Å². The highest BCUT2D eigenvalue weighted by Gasteiger charge is 2.12. The molecule has 0 bridgehead atoms. The third-order valence-electron chi connectivity index (χ3n) is 3.83. The fourth-order valence-corrected chi connectivity index (χ4v) is 3.12. The molecule has 4 aromatic rings. The summed E-state index contributed by atoms with van der Waals surface area (Å²) in [6.07, 6.45) is 4.20. The summed E-state index contributed by atoms with van der Waals surface area (Å²) in [5.41, 5.74) is 4.44. The highest BCUT2D eigenvalue weighted by atomic mass is 79.9. The van der Waals surface area contributed by atoms with Crippen LogP contribution in [0.25, 0.3) is 28.3 Å². The predicted molar refractivity (Wildman–Crippen MR) is 92.7 cm³/mol. The first-order chi connectivity index (χ1) is 10.7. The molecule has 0 radical (unpaired) electrons. The summed E-state index contributed by atoms with van der Waals surface area (Å²) in [5.74, 6) is 0.939. The minimum absolute atomic E-state index is 0.939. The van der Waals surface area contributed by atoms with Crippen LogP contribution in [0.3, 0.4) is 0 Å². The summed E-state index contributed by atoms with van der Waals surface area (Å²) < 4.78 is 5.27. The molecule has 0 aliphatic carbocycles. The van der Waals surface area contributed by atoms with Crippen LogP contribution in [0.1, 0.15) is 0 Å². The molecule has 2 heterocycles. The molecule has 22 heavy (non-hydrogen) atoms. The molecule has 3 nitrogen and oxygen atoms in total. The molecular weight excluding hydrogens is 338 g/mol. The monoisotopic (exact) mass is 351 g/mol. The van der Waals surface area contributed by atoms with Crippen molar-refractivity contribution < 1.29 is 0 Å². The molecule has 0 atom stereocenters. The van der Waals surface area contributed by atoms with Crippen LogP contribution in [0.2, 0.25) is 0 Å². The average Bonchev–Trinajstić information content (AvgIpc) is 3.08. The van der Waals surface area contributed by atoms with Crippen molar-refractivity contribution in [3.63, 3.8) is 0 Å². The Morgan fingerprint density at radius 2 is 1.68 bits per heavy atom. The van der Waals surface area contributed by atoms with Crippen molar-refractivity contribution in [2.24, 2.45) is 7.05 Å². The van der Waals surface area contributed by atoms with Crippen LogP contribution in [-0.4, -0.2) is 14.0 Å². The number of aryl methyl sites for hydroxylation is 1. The molecule has 0 amide bonds. The number of imidazole rings is 2. The van der Waals surface area contributed by atoms with Gasteiger partial charge in [0.25, 0.3) is 0 Å². The first-order valence-electron chi connectivity index (χ1n) is 7.08. The third kappa shape index (κ3) is 2.16. The van der Waals surface area contributed by atoms with Gasteiger partial charge < -0.3 is 4.57 Å². The Hall–Kier alpha value is -2.33. The lowest BCUT2D eigenvalue weighted by atomic mass is 10.1. The zero-order valence-corrected chi connectivity index (χ0v) is 13.7. The van der Waals surface area contributed by atoms with Crippen molar-refractivity contribution in [2.75, 3.05) is 0 Å². The number of benzene rings is 2. The van der Waals surface area contributed by atoms with Crippen molar-refractivity contribution in [3.8, 4) is 22.5 Å². The van der Waals surface area contributed by atoms with Crippen molar-refractivity contribution in [1.29, 1.82) is 0 Å². The van der Waals surface area contributed by atoms with E-state index in [1.54, 1.807) is 0 Å². The standard InChI is InChI=1S/C18H14BrN3/c1-21-17(13-6-3-2-4-7-13)12-22-11-16(20-18(21)22)14-8-5-9-15(19)10-14/h2-12H,1H3. The molecule has 0 aliphatic rings. The molecule has 0 N–H and O–H groups in total. The maximum Gasteiger partial charge on any atom is 0.214 e. The Morgan fingerprint density at radius 1 is 0.909 bits per heavy atom. The maximum atomic E-state index is 4.77. The normalized spacial score (nSPS) is 11.2. The number of hydrogen-bond acceptors (Lipinski definition) is 1. The van der Waals surface area contributed by atoms with E-state index < -0.39 is 0 Å². The van der Waals surface area contributed by atoms with E-state index in [1.165, 1.54) is 5.56 Å². The summed E-state index contributed by atoms with van der Waals surface area (Å²) in [6.45, 7) is 0. The fraction of sp³-hybridized carbons (Fsp3) is 0.0556. The molecule has 108 valence electrons. The van der Waals surface area contributed by atoms with Crippen LogP contribution < -0.4 is 0 Å². The van der Waals surface area contributed by atoms with E-state index in [2.05, 4.69) is 80.7 Å². The summed E-state index contributed by atoms with van der Waals surface area (Å²) in [7, 11) is 2.05. The van der Waals surface area contributed by atoms with Crippen LogP contribution >= 0.6 is 15.9 Å². The molecular formula is C18H14BrN3. The molecule has 0 saturated heterocycles. The van der Waals surface area contributed by atoms with E-state index in [4.69, 9.17) is 4.98 Å². The Kier molecular flexibility index (Phi) is 3.12. The van der Waals surface area contributed by atoms with Crippen molar-refractivity contribution in [3.05, 3.63) is 71.5 Å². The van der Waals surface area contributed by atoms with Crippen molar-refractivity contribution in [1.82, 2.24) is 14.0 Å². The SMILES string of the molecule is Cn1c(-c2ccccc2)cn2cc(-c3cccc(Br)c3)nc12. The maximum absolute atomic E-state index is 4.77. The average molecular weight is 352 g/mol. The second-order valence-corrected chi connectivity index (χ2v) is 6.20. The smallest absolute Gasteiger partial charge is 0.214 e. The first-order valence-corrected chi connectivity index (χ1v) is 7.87. The third-order valence-corrected chi connectivity index (χ3v) is 4.32. The molecule has 0 spiro atoms. The number of fused-ring (bicyclic) bond motifs is 1. The van der Waals surface area contributed by atoms with Gasteiger partial charge in [-0.15, -0.1) is 0 Å². The minimum Gasteiger partial charge on any atom is -0.313 e. The van der Waals surface area contributed by atoms with E-state index in [-0.39, 0.29) is 0 Å². The van der Waals surface area contributed by atoms with E-state index in [9.17, 15) is 0 Å². The zero-order chi connectivity index (χ0) is 15.1. The first kappa shape index (κ1) is 13.3. The van der Waals surface area contributed by atoms with E-state index in [1.807, 2.05) is 18.2 Å². The van der Waals surface area contributed by atoms with Gasteiger partial charge in [-0.05, 0) is 17.7 Å². The van der Waals surface area contributed by atoms with Crippen LogP contribution in [0.15, 0.2) is 71.5 Å². The van der Waals surface area contributed by atoms with Crippen LogP contribution in [-0.2, 0) is 7.05 Å². The molecule has 2 aromatic carbocycles. The number of aromatic nitrogens is 3. The summed E-state index contributed by atoms with van der Waals surface area (Å²) in [4.78, 5) is 4.77. The summed E-state index contributed by atoms with van der Waals surface area (Å²) >= 11 is 3.51. The highest BCUT2D eigenvalue weighted by molar-refractivity contribution is 9.10. The number of hydrogen-bond donors (Lipinski definition) is 0. The quantitative estimate of drug-likeness (QED) is 0.509. The highest BCUT2D eigenvalue weighted by Crippen LogP contribution is 2.26. The number of halogens is 1. The second-order valence-electron chi connectivity index (χ2n) is 5.28. The van der Waals surface area contributed by atoms with Crippen molar-refractivity contribution in [2.45, 2.75) is 0 Å². The Balaban J connectivity index is 1.84. The number of rotatable bonds is 2. The lowest BCUT2D eigenvalue weighted by molar-refractivity contribution is 0.945. The van der Waals surface area contributed by atoms with E-state index in [0.717, 1.165) is 27.2 Å². The molecule has 2 aromatic heterocycles. The van der Waals surface area contributed by atoms with Gasteiger partial charge >= 0.3 is 0 Å². The fourth-order valence-electron chi connectivity index (χ4n) is 2.72. The Bertz CT molecular complexity index is 951. The Labute approximate surface area is 137 Å². The molecule has 0 saturated carbocycles. The van der Waals surface area contributed by atoms with Gasteiger partial charge in [-0.2, -0.15) is 0 Å². The van der Waals surface area contributed by atoms with Gasteiger partial charge in [0, 0.05) is 29.5 Å². The van der Waals surface area contributed by atoms with Crippen LogP contribution in [0, 0.1) is 0 Å². The van der Waals surface area contributed by atoms with E-state index in [0.29, 0.717) is 0 Å². The van der Waals surface area contributed by atoms with Gasteiger partial charge in [-0.1, -0.05) is 58.4 Å². The molecule has 0 fully saturated rings. The molecule has 4 rings (SSSR count). The largest absolute Gasteiger partial charge is 0.313 e. The van der Waals surface area contributed by atoms with Gasteiger partial charge in [0.15, 0.2) is 0 Å². The summed E-state index contributed by atoms with van der Waals surface area (Å²) in [5, 5.41) is 0. The number of nitrogens with zero attached hydrogens (tertiary/aromatic N) is 3. The van der Waals surface area contributed by atoms with Gasteiger partial charge in [0.2, 0.25) is 5.78 Å². The summed E-state index contributed by atoms with van der Waals surface area (Å²) in [6, 6.07) is 18.6. The Morgan fingerprint density at radius 3 is 2.41 bits per heavy atom. The zero-order valence-electron chi connectivity index (χ0n) is 12.1. The van der Waals surface area contributed by atoms with Gasteiger partial charge in [0.1, 0.15) is 0 Å². The lowest BCUT2D eigenvalue weighted by Crippen LogP contribution is -1.92. The molecule has 0 aliphatic heterocycles. The van der Waals surface area contributed by atoms with Crippen molar-refractivity contribution >= 4 is 21.7 Å². The predicted octanol–water partition coefficient (Wildman–Crippen LogP) is 4.77. The van der Waals surface area contributed by atoms with Gasteiger partial charge in [0.05, 0.1) is 11.4 Å². The molecule has 4 heteroatoms. The van der Waals surface area contributed by atoms with Gasteiger partial charge in [-0.3, -0.25) is 4.40 Å². The second kappa shape index (κ2) is 5.14.